The summed E-state index contributed by atoms with van der Waals surface area (Å²) in [5.74, 6) is 0. The van der Waals surface area contributed by atoms with Crippen LogP contribution < -0.4 is 0 Å². The molecule has 0 amide bonds. The van der Waals surface area contributed by atoms with Gasteiger partial charge in [-0.05, 0) is 0 Å². The predicted molar refractivity (Wildman–Crippen MR) is 7.03 cm³/mol. The molecule has 0 aromatic rings. The van der Waals surface area contributed by atoms with Crippen molar-refractivity contribution in [2.24, 2.45) is 0 Å². The largest absolute Gasteiger partial charge is 2.00 e. The van der Waals surface area contributed by atoms with Crippen molar-refractivity contribution in [3.8, 4) is 0 Å². The topological polar surface area (TPSA) is 78.2 Å². The third kappa shape index (κ3) is 126. The minimum atomic E-state index is 0. The summed E-state index contributed by atoms with van der Waals surface area (Å²) in [6.07, 6.45) is 0. The van der Waals surface area contributed by atoms with Gasteiger partial charge in [0.2, 0.25) is 0 Å². The number of rotatable bonds is 0. The molecule has 0 heterocycles. The Balaban J connectivity index is -0.0000000200. The average molecular weight is 131 g/mol. The summed E-state index contributed by atoms with van der Waals surface area (Å²) in [5, 5.41) is 15.5. The molecule has 28 valence electrons. The molecule has 0 rings (SSSR count). The molecular weight excluding hydrogens is 129 g/mol. The molecule has 0 radical (unpaired) electrons. The molecule has 0 spiro atoms. The van der Waals surface area contributed by atoms with Gasteiger partial charge < -0.3 is 5.48 Å². The maximum absolute atomic E-state index is 6.62. The number of hydrogen-bond donors (Lipinski definition) is 2. The van der Waals surface area contributed by atoms with Crippen molar-refractivity contribution < 1.29 is 40.5 Å². The molecule has 0 aliphatic rings. The zero-order valence-electron chi connectivity index (χ0n) is 2.42. The SMILES string of the molecule is OOO.[O-2].[Zn+2]. The molecule has 0 atom stereocenters. The summed E-state index contributed by atoms with van der Waals surface area (Å²) in [5.41, 5.74) is 0. The summed E-state index contributed by atoms with van der Waals surface area (Å²) in [4.78, 5) is 0. The standard InChI is InChI=1S/H2O3.O.Zn/c1-3-2;;/h1-2H;;/q;-2;+2. The first-order valence-corrected chi connectivity index (χ1v) is 0.365. The van der Waals surface area contributed by atoms with Crippen LogP contribution in [0.1, 0.15) is 0 Å². The van der Waals surface area contributed by atoms with Crippen LogP contribution in [0.25, 0.3) is 0 Å². The van der Waals surface area contributed by atoms with E-state index in [0.29, 0.717) is 0 Å². The zero-order chi connectivity index (χ0) is 2.71. The summed E-state index contributed by atoms with van der Waals surface area (Å²) in [6, 6.07) is 0. The van der Waals surface area contributed by atoms with Gasteiger partial charge in [-0.25, -0.2) is 10.5 Å². The molecular formula is H2O4Zn. The van der Waals surface area contributed by atoms with Crippen LogP contribution in [0.15, 0.2) is 0 Å². The second-order valence-electron chi connectivity index (χ2n) is 0.0816. The first kappa shape index (κ1) is 17.9. The zero-order valence-corrected chi connectivity index (χ0v) is 5.39. The first-order chi connectivity index (χ1) is 1.41. The van der Waals surface area contributed by atoms with Crippen LogP contribution >= 0.6 is 0 Å². The second kappa shape index (κ2) is 25.0. The maximum atomic E-state index is 6.62. The summed E-state index contributed by atoms with van der Waals surface area (Å²) in [6.45, 7) is 0. The molecule has 5 heteroatoms. The Morgan fingerprint density at radius 2 is 1.20 bits per heavy atom. The molecule has 5 heavy (non-hydrogen) atoms. The molecule has 0 fully saturated rings. The van der Waals surface area contributed by atoms with Gasteiger partial charge in [0.1, 0.15) is 0 Å². The third-order valence-corrected chi connectivity index (χ3v) is 0. The van der Waals surface area contributed by atoms with Gasteiger partial charge in [0.15, 0.2) is 0 Å². The van der Waals surface area contributed by atoms with Gasteiger partial charge >= 0.3 is 19.5 Å². The smallest absolute Gasteiger partial charge is 2.00 e. The van der Waals surface area contributed by atoms with Gasteiger partial charge in [-0.2, -0.15) is 0 Å². The van der Waals surface area contributed by atoms with E-state index < -0.39 is 0 Å². The van der Waals surface area contributed by atoms with E-state index in [2.05, 4.69) is 5.04 Å². The molecule has 0 aromatic heterocycles. The summed E-state index contributed by atoms with van der Waals surface area (Å²) >= 11 is 0. The van der Waals surface area contributed by atoms with Crippen LogP contribution in [-0.2, 0) is 30.0 Å². The van der Waals surface area contributed by atoms with E-state index in [0.717, 1.165) is 0 Å². The molecule has 0 aromatic carbocycles. The number of hydrogen-bond acceptors (Lipinski definition) is 3. The van der Waals surface area contributed by atoms with Crippen molar-refractivity contribution in [3.05, 3.63) is 0 Å². The Labute approximate surface area is 41.3 Å². The molecule has 0 saturated carbocycles. The quantitative estimate of drug-likeness (QED) is 0.272. The van der Waals surface area contributed by atoms with E-state index in [1.54, 1.807) is 0 Å². The van der Waals surface area contributed by atoms with Gasteiger partial charge in [-0.3, -0.25) is 0 Å². The Morgan fingerprint density at radius 1 is 1.20 bits per heavy atom. The van der Waals surface area contributed by atoms with Crippen molar-refractivity contribution in [1.29, 1.82) is 0 Å². The normalized spacial score (nSPS) is 3.60. The van der Waals surface area contributed by atoms with Crippen LogP contribution in [-0.4, -0.2) is 10.5 Å². The van der Waals surface area contributed by atoms with E-state index in [9.17, 15) is 0 Å². The van der Waals surface area contributed by atoms with Gasteiger partial charge in [0, 0.05) is 0 Å². The minimum absolute atomic E-state index is 0. The van der Waals surface area contributed by atoms with Crippen LogP contribution in [0.2, 0.25) is 0 Å². The third-order valence-electron chi connectivity index (χ3n) is 0. The van der Waals surface area contributed by atoms with Crippen molar-refractivity contribution in [2.75, 3.05) is 0 Å². The summed E-state index contributed by atoms with van der Waals surface area (Å²) in [7, 11) is 0. The minimum Gasteiger partial charge on any atom is -2.00 e. The molecule has 4 nitrogen and oxygen atoms in total. The fraction of sp³-hybridized carbons (Fsp3) is 0. The molecule has 0 bridgehead atoms. The van der Waals surface area contributed by atoms with Crippen molar-refractivity contribution in [3.63, 3.8) is 0 Å². The monoisotopic (exact) mass is 130 g/mol. The Hall–Kier alpha value is 0.463. The van der Waals surface area contributed by atoms with E-state index >= 15 is 0 Å². The Kier molecular flexibility index (Phi) is 89.7. The first-order valence-electron chi connectivity index (χ1n) is 0.365. The van der Waals surface area contributed by atoms with Crippen LogP contribution in [0.4, 0.5) is 0 Å². The second-order valence-corrected chi connectivity index (χ2v) is 0.0816. The van der Waals surface area contributed by atoms with Crippen LogP contribution in [0.3, 0.4) is 0 Å². The van der Waals surface area contributed by atoms with Crippen molar-refractivity contribution in [2.45, 2.75) is 0 Å². The molecule has 0 aliphatic heterocycles. The van der Waals surface area contributed by atoms with Crippen molar-refractivity contribution in [1.82, 2.24) is 0 Å². The molecule has 2 N–H and O–H groups in total. The summed E-state index contributed by atoms with van der Waals surface area (Å²) < 4.78 is 0. The fourth-order valence-corrected chi connectivity index (χ4v) is 0. The molecule has 0 unspecified atom stereocenters. The predicted octanol–water partition coefficient (Wildman–Crippen LogP) is -0.172. The maximum Gasteiger partial charge on any atom is 2.00 e. The van der Waals surface area contributed by atoms with Crippen LogP contribution in [0, 0.1) is 0 Å². The van der Waals surface area contributed by atoms with Gasteiger partial charge in [0.05, 0.1) is 0 Å². The van der Waals surface area contributed by atoms with Crippen LogP contribution in [0.5, 0.6) is 0 Å². The van der Waals surface area contributed by atoms with E-state index in [-0.39, 0.29) is 25.0 Å². The van der Waals surface area contributed by atoms with E-state index in [1.807, 2.05) is 0 Å². The Bertz CT molecular complexity index is 3.61. The average Bonchev–Trinajstić information content (AvgIpc) is 0.918. The van der Waals surface area contributed by atoms with E-state index in [1.165, 1.54) is 0 Å². The van der Waals surface area contributed by atoms with Gasteiger partial charge in [0.25, 0.3) is 0 Å². The van der Waals surface area contributed by atoms with E-state index in [4.69, 9.17) is 10.5 Å². The van der Waals surface area contributed by atoms with Gasteiger partial charge in [-0.1, -0.05) is 5.04 Å². The Morgan fingerprint density at radius 3 is 1.20 bits per heavy atom. The fourth-order valence-electron chi connectivity index (χ4n) is 0. The van der Waals surface area contributed by atoms with Gasteiger partial charge in [-0.15, -0.1) is 0 Å². The molecule has 0 saturated heterocycles. The molecule has 0 aliphatic carbocycles. The van der Waals surface area contributed by atoms with Crippen molar-refractivity contribution >= 4 is 0 Å².